The lowest BCUT2D eigenvalue weighted by Crippen LogP contribution is -2.54. The second kappa shape index (κ2) is 3.19. The van der Waals surface area contributed by atoms with Crippen LogP contribution in [-0.2, 0) is 14.2 Å². The number of methoxy groups -OCH3 is 1. The van der Waals surface area contributed by atoms with Crippen molar-refractivity contribution in [2.75, 3.05) is 13.7 Å². The van der Waals surface area contributed by atoms with E-state index in [9.17, 15) is 0 Å². The summed E-state index contributed by atoms with van der Waals surface area (Å²) in [5.41, 5.74) is 0. The van der Waals surface area contributed by atoms with E-state index in [4.69, 9.17) is 14.2 Å². The Kier molecular flexibility index (Phi) is 2.08. The van der Waals surface area contributed by atoms with Crippen LogP contribution in [-0.4, -0.2) is 31.7 Å². The SMILES string of the molecule is CO[C@]12CCCC[C@@H]1[C@@H]1C[C@@H](CO1)O2. The Morgan fingerprint density at radius 2 is 2.29 bits per heavy atom. The zero-order valence-corrected chi connectivity index (χ0v) is 8.70. The summed E-state index contributed by atoms with van der Waals surface area (Å²) in [5.74, 6) is 0.169. The molecule has 4 atom stereocenters. The average molecular weight is 198 g/mol. The third-order valence-corrected chi connectivity index (χ3v) is 4.01. The zero-order valence-electron chi connectivity index (χ0n) is 8.70. The van der Waals surface area contributed by atoms with Gasteiger partial charge < -0.3 is 14.2 Å². The Morgan fingerprint density at radius 1 is 1.36 bits per heavy atom. The molecule has 3 heteroatoms. The molecule has 0 spiro atoms. The molecule has 0 radical (unpaired) electrons. The highest BCUT2D eigenvalue weighted by molar-refractivity contribution is 4.97. The number of fused-ring (bicyclic) bond motifs is 4. The topological polar surface area (TPSA) is 27.7 Å². The number of rotatable bonds is 1. The fourth-order valence-corrected chi connectivity index (χ4v) is 3.33. The van der Waals surface area contributed by atoms with Gasteiger partial charge in [0.2, 0.25) is 0 Å². The maximum Gasteiger partial charge on any atom is 0.173 e. The minimum absolute atomic E-state index is 0.286. The monoisotopic (exact) mass is 198 g/mol. The van der Waals surface area contributed by atoms with E-state index in [0.717, 1.165) is 19.4 Å². The number of hydrogen-bond donors (Lipinski definition) is 0. The summed E-state index contributed by atoms with van der Waals surface area (Å²) in [4.78, 5) is 0. The molecule has 2 aliphatic heterocycles. The van der Waals surface area contributed by atoms with Crippen molar-refractivity contribution in [1.29, 1.82) is 0 Å². The molecule has 0 aromatic heterocycles. The second-order valence-electron chi connectivity index (χ2n) is 4.72. The Morgan fingerprint density at radius 3 is 3.14 bits per heavy atom. The summed E-state index contributed by atoms with van der Waals surface area (Å²) in [6, 6.07) is 0. The van der Waals surface area contributed by atoms with Gasteiger partial charge >= 0.3 is 0 Å². The number of ether oxygens (including phenoxy) is 3. The molecule has 0 N–H and O–H groups in total. The molecular formula is C11H18O3. The standard InChI is InChI=1S/C11H18O3/c1-12-11-5-3-2-4-9(11)10-6-8(14-11)7-13-10/h8-10H,2-7H2,1H3/t8-,9+,10-,11-/m0/s1. The van der Waals surface area contributed by atoms with Crippen LogP contribution in [0.5, 0.6) is 0 Å². The highest BCUT2D eigenvalue weighted by Gasteiger charge is 2.54. The first kappa shape index (κ1) is 9.13. The van der Waals surface area contributed by atoms with E-state index >= 15 is 0 Å². The smallest absolute Gasteiger partial charge is 0.173 e. The van der Waals surface area contributed by atoms with Crippen LogP contribution in [0.2, 0.25) is 0 Å². The Balaban J connectivity index is 1.89. The quantitative estimate of drug-likeness (QED) is 0.642. The van der Waals surface area contributed by atoms with E-state index in [0.29, 0.717) is 12.0 Å². The van der Waals surface area contributed by atoms with Gasteiger partial charge in [-0.25, -0.2) is 0 Å². The fraction of sp³-hybridized carbons (Fsp3) is 1.00. The Hall–Kier alpha value is -0.120. The summed E-state index contributed by atoms with van der Waals surface area (Å²) in [6.07, 6.45) is 6.53. The highest BCUT2D eigenvalue weighted by atomic mass is 16.7. The highest BCUT2D eigenvalue weighted by Crippen LogP contribution is 2.48. The van der Waals surface area contributed by atoms with E-state index < -0.39 is 0 Å². The molecule has 2 bridgehead atoms. The Labute approximate surface area is 84.7 Å². The molecule has 0 unspecified atom stereocenters. The van der Waals surface area contributed by atoms with Crippen molar-refractivity contribution >= 4 is 0 Å². The molecule has 3 fully saturated rings. The third-order valence-electron chi connectivity index (χ3n) is 4.01. The van der Waals surface area contributed by atoms with Gasteiger partial charge in [0.25, 0.3) is 0 Å². The summed E-state index contributed by atoms with van der Waals surface area (Å²) >= 11 is 0. The van der Waals surface area contributed by atoms with Crippen LogP contribution in [0.15, 0.2) is 0 Å². The molecule has 1 aliphatic carbocycles. The molecule has 1 saturated carbocycles. The summed E-state index contributed by atoms with van der Waals surface area (Å²) in [5, 5.41) is 0. The molecule has 0 amide bonds. The third kappa shape index (κ3) is 1.16. The van der Waals surface area contributed by atoms with Gasteiger partial charge in [-0.15, -0.1) is 0 Å². The van der Waals surface area contributed by atoms with Gasteiger partial charge in [-0.3, -0.25) is 0 Å². The van der Waals surface area contributed by atoms with Crippen molar-refractivity contribution in [3.63, 3.8) is 0 Å². The minimum atomic E-state index is -0.303. The van der Waals surface area contributed by atoms with E-state index in [1.165, 1.54) is 19.3 Å². The molecule has 14 heavy (non-hydrogen) atoms. The van der Waals surface area contributed by atoms with E-state index in [-0.39, 0.29) is 11.9 Å². The van der Waals surface area contributed by atoms with Gasteiger partial charge in [0.05, 0.1) is 18.8 Å². The molecule has 0 aromatic carbocycles. The van der Waals surface area contributed by atoms with Crippen LogP contribution in [0.1, 0.15) is 32.1 Å². The van der Waals surface area contributed by atoms with E-state index in [2.05, 4.69) is 0 Å². The van der Waals surface area contributed by atoms with Crippen LogP contribution >= 0.6 is 0 Å². The molecular weight excluding hydrogens is 180 g/mol. The van der Waals surface area contributed by atoms with Crippen molar-refractivity contribution in [2.45, 2.75) is 50.1 Å². The fourth-order valence-electron chi connectivity index (χ4n) is 3.33. The lowest BCUT2D eigenvalue weighted by molar-refractivity contribution is -0.303. The first-order valence-corrected chi connectivity index (χ1v) is 5.69. The lowest BCUT2D eigenvalue weighted by atomic mass is 9.77. The van der Waals surface area contributed by atoms with E-state index in [1.54, 1.807) is 7.11 Å². The van der Waals surface area contributed by atoms with E-state index in [1.807, 2.05) is 0 Å². The van der Waals surface area contributed by atoms with Crippen molar-refractivity contribution in [2.24, 2.45) is 5.92 Å². The van der Waals surface area contributed by atoms with Crippen LogP contribution < -0.4 is 0 Å². The van der Waals surface area contributed by atoms with Gasteiger partial charge in [-0.1, -0.05) is 6.42 Å². The van der Waals surface area contributed by atoms with Crippen LogP contribution in [0.4, 0.5) is 0 Å². The van der Waals surface area contributed by atoms with Crippen molar-refractivity contribution in [3.8, 4) is 0 Å². The maximum absolute atomic E-state index is 6.07. The van der Waals surface area contributed by atoms with Crippen LogP contribution in [0.25, 0.3) is 0 Å². The number of hydrogen-bond acceptors (Lipinski definition) is 3. The molecule has 2 heterocycles. The second-order valence-corrected chi connectivity index (χ2v) is 4.72. The summed E-state index contributed by atoms with van der Waals surface area (Å²) in [7, 11) is 1.78. The van der Waals surface area contributed by atoms with Crippen molar-refractivity contribution < 1.29 is 14.2 Å². The first-order valence-electron chi connectivity index (χ1n) is 5.69. The largest absolute Gasteiger partial charge is 0.375 e. The van der Waals surface area contributed by atoms with Crippen molar-refractivity contribution in [1.82, 2.24) is 0 Å². The lowest BCUT2D eigenvalue weighted by Gasteiger charge is -2.47. The maximum atomic E-state index is 6.07. The molecule has 3 nitrogen and oxygen atoms in total. The zero-order chi connectivity index (χ0) is 9.60. The van der Waals surface area contributed by atoms with Gasteiger partial charge in [0, 0.05) is 25.9 Å². The predicted molar refractivity (Wildman–Crippen MR) is 50.9 cm³/mol. The molecule has 3 rings (SSSR count). The normalized spacial score (nSPS) is 51.6. The van der Waals surface area contributed by atoms with Crippen LogP contribution in [0, 0.1) is 5.92 Å². The summed E-state index contributed by atoms with van der Waals surface area (Å²) < 4.78 is 17.5. The first-order chi connectivity index (χ1) is 6.84. The molecule has 3 aliphatic rings. The predicted octanol–water partition coefficient (Wildman–Crippen LogP) is 1.71. The minimum Gasteiger partial charge on any atom is -0.375 e. The van der Waals surface area contributed by atoms with Crippen LogP contribution in [0.3, 0.4) is 0 Å². The van der Waals surface area contributed by atoms with Gasteiger partial charge in [-0.2, -0.15) is 0 Å². The van der Waals surface area contributed by atoms with Gasteiger partial charge in [0.15, 0.2) is 5.79 Å². The summed E-state index contributed by atoms with van der Waals surface area (Å²) in [6.45, 7) is 0.770. The average Bonchev–Trinajstić information content (AvgIpc) is 2.62. The van der Waals surface area contributed by atoms with Gasteiger partial charge in [0.1, 0.15) is 0 Å². The molecule has 80 valence electrons. The molecule has 2 saturated heterocycles. The van der Waals surface area contributed by atoms with Crippen molar-refractivity contribution in [3.05, 3.63) is 0 Å². The molecule has 0 aromatic rings. The Bertz CT molecular complexity index is 231. The van der Waals surface area contributed by atoms with Gasteiger partial charge in [-0.05, 0) is 12.8 Å².